The number of fused-ring (bicyclic) bond motifs is 1. The molecule has 4 aromatic rings. The molecule has 0 aliphatic rings. The number of rotatable bonds is 5. The van der Waals surface area contributed by atoms with Crippen molar-refractivity contribution in [3.8, 4) is 11.3 Å². The average Bonchev–Trinajstić information content (AvgIpc) is 3.23. The van der Waals surface area contributed by atoms with E-state index in [0.29, 0.717) is 16.7 Å². The molecule has 0 fully saturated rings. The lowest BCUT2D eigenvalue weighted by Gasteiger charge is -2.08. The Morgan fingerprint density at radius 2 is 1.96 bits per heavy atom. The topological polar surface area (TPSA) is 112 Å². The van der Waals surface area contributed by atoms with Gasteiger partial charge in [-0.05, 0) is 35.9 Å². The fraction of sp³-hybridized carbons (Fsp3) is 0.167. The second-order valence-corrected chi connectivity index (χ2v) is 8.07. The Morgan fingerprint density at radius 1 is 1.14 bits per heavy atom. The maximum atomic E-state index is 12.7. The molecule has 0 saturated carbocycles. The molecule has 3 aromatic heterocycles. The molecule has 3 heterocycles. The number of oxazole rings is 1. The quantitative estimate of drug-likeness (QED) is 0.543. The van der Waals surface area contributed by atoms with Crippen LogP contribution in [-0.4, -0.2) is 27.7 Å². The first-order valence-electron chi connectivity index (χ1n) is 8.37. The van der Waals surface area contributed by atoms with Crippen LogP contribution in [0, 0.1) is 0 Å². The highest BCUT2D eigenvalue weighted by atomic mass is 32.2. The molecule has 0 bridgehead atoms. The van der Waals surface area contributed by atoms with Crippen molar-refractivity contribution < 1.29 is 12.8 Å². The number of aromatic nitrogens is 4. The molecule has 0 aliphatic heterocycles. The normalized spacial score (nSPS) is 11.9. The maximum Gasteiger partial charge on any atom is 0.419 e. The molecule has 9 nitrogen and oxygen atoms in total. The first-order chi connectivity index (χ1) is 13.3. The van der Waals surface area contributed by atoms with Crippen LogP contribution in [0.15, 0.2) is 63.0 Å². The second kappa shape index (κ2) is 6.73. The summed E-state index contributed by atoms with van der Waals surface area (Å²) in [5.41, 5.74) is 3.17. The minimum absolute atomic E-state index is 0.0483. The van der Waals surface area contributed by atoms with Crippen molar-refractivity contribution in [1.82, 2.24) is 24.1 Å². The Labute approximate surface area is 160 Å². The van der Waals surface area contributed by atoms with Gasteiger partial charge in [0.15, 0.2) is 5.58 Å². The van der Waals surface area contributed by atoms with Gasteiger partial charge in [0.05, 0.1) is 16.1 Å². The summed E-state index contributed by atoms with van der Waals surface area (Å²) in [6, 6.07) is 7.99. The van der Waals surface area contributed by atoms with Gasteiger partial charge in [-0.15, -0.1) is 0 Å². The van der Waals surface area contributed by atoms with Gasteiger partial charge in [0.1, 0.15) is 0 Å². The molecule has 1 aromatic carbocycles. The number of benzene rings is 1. The SMILES string of the molecule is Cn1nccc1-c1cncc(CNS(=O)(=O)c2ccc3oc(=O)n(C)c3c2)c1. The van der Waals surface area contributed by atoms with Crippen LogP contribution in [0.2, 0.25) is 0 Å². The van der Waals surface area contributed by atoms with Crippen LogP contribution in [0.5, 0.6) is 0 Å². The van der Waals surface area contributed by atoms with Crippen molar-refractivity contribution in [2.45, 2.75) is 11.4 Å². The summed E-state index contributed by atoms with van der Waals surface area (Å²) in [5, 5.41) is 4.13. The van der Waals surface area contributed by atoms with Gasteiger partial charge in [0.25, 0.3) is 0 Å². The van der Waals surface area contributed by atoms with Gasteiger partial charge in [-0.25, -0.2) is 17.9 Å². The summed E-state index contributed by atoms with van der Waals surface area (Å²) in [4.78, 5) is 15.8. The Hall–Kier alpha value is -3.24. The maximum absolute atomic E-state index is 12.7. The summed E-state index contributed by atoms with van der Waals surface area (Å²) in [6.07, 6.45) is 4.98. The standard InChI is InChI=1S/C18H17N5O4S/c1-22-16-8-14(3-4-17(16)27-18(22)24)28(25,26)21-10-12-7-13(11-19-9-12)15-5-6-20-23(15)2/h3-9,11,21H,10H2,1-2H3. The van der Waals surface area contributed by atoms with Gasteiger partial charge in [-0.2, -0.15) is 5.10 Å². The third kappa shape index (κ3) is 3.23. The Bertz CT molecular complexity index is 1330. The fourth-order valence-corrected chi connectivity index (χ4v) is 3.95. The lowest BCUT2D eigenvalue weighted by Crippen LogP contribution is -2.23. The van der Waals surface area contributed by atoms with Gasteiger partial charge >= 0.3 is 5.76 Å². The molecule has 144 valence electrons. The Kier molecular flexibility index (Phi) is 4.36. The molecule has 0 unspecified atom stereocenters. The van der Waals surface area contributed by atoms with Crippen LogP contribution in [0.4, 0.5) is 0 Å². The summed E-state index contributed by atoms with van der Waals surface area (Å²) < 4.78 is 35.9. The number of aryl methyl sites for hydroxylation is 2. The van der Waals surface area contributed by atoms with E-state index in [1.54, 1.807) is 23.3 Å². The molecule has 0 atom stereocenters. The number of pyridine rings is 1. The zero-order valence-corrected chi connectivity index (χ0v) is 16.0. The van der Waals surface area contributed by atoms with Crippen LogP contribution in [0.3, 0.4) is 0 Å². The van der Waals surface area contributed by atoms with Crippen LogP contribution in [0.25, 0.3) is 22.4 Å². The van der Waals surface area contributed by atoms with E-state index < -0.39 is 15.8 Å². The third-order valence-electron chi connectivity index (χ3n) is 4.45. The van der Waals surface area contributed by atoms with Crippen LogP contribution in [-0.2, 0) is 30.7 Å². The van der Waals surface area contributed by atoms with E-state index in [9.17, 15) is 13.2 Å². The molecular formula is C18H17N5O4S. The number of hydrogen-bond donors (Lipinski definition) is 1. The zero-order chi connectivity index (χ0) is 19.9. The van der Waals surface area contributed by atoms with Crippen LogP contribution < -0.4 is 10.5 Å². The molecule has 0 radical (unpaired) electrons. The van der Waals surface area contributed by atoms with E-state index in [4.69, 9.17) is 4.42 Å². The van der Waals surface area contributed by atoms with E-state index in [2.05, 4.69) is 14.8 Å². The summed E-state index contributed by atoms with van der Waals surface area (Å²) >= 11 is 0. The van der Waals surface area contributed by atoms with Crippen molar-refractivity contribution in [1.29, 1.82) is 0 Å². The Morgan fingerprint density at radius 3 is 2.71 bits per heavy atom. The molecule has 10 heteroatoms. The lowest BCUT2D eigenvalue weighted by atomic mass is 10.1. The summed E-state index contributed by atoms with van der Waals surface area (Å²) in [6.45, 7) is 0.0728. The predicted octanol–water partition coefficient (Wildman–Crippen LogP) is 1.41. The first kappa shape index (κ1) is 18.1. The first-order valence-corrected chi connectivity index (χ1v) is 9.85. The van der Waals surface area contributed by atoms with Crippen molar-refractivity contribution in [2.75, 3.05) is 0 Å². The minimum Gasteiger partial charge on any atom is -0.408 e. The van der Waals surface area contributed by atoms with E-state index in [-0.39, 0.29) is 11.4 Å². The second-order valence-electron chi connectivity index (χ2n) is 6.30. The van der Waals surface area contributed by atoms with Crippen molar-refractivity contribution >= 4 is 21.1 Å². The van der Waals surface area contributed by atoms with E-state index in [0.717, 1.165) is 11.3 Å². The summed E-state index contributed by atoms with van der Waals surface area (Å²) in [5.74, 6) is -0.546. The van der Waals surface area contributed by atoms with Gasteiger partial charge in [-0.3, -0.25) is 14.2 Å². The number of sulfonamides is 1. The van der Waals surface area contributed by atoms with E-state index in [1.165, 1.54) is 29.8 Å². The predicted molar refractivity (Wildman–Crippen MR) is 102 cm³/mol. The fourth-order valence-electron chi connectivity index (χ4n) is 2.92. The molecule has 28 heavy (non-hydrogen) atoms. The smallest absolute Gasteiger partial charge is 0.408 e. The van der Waals surface area contributed by atoms with Crippen molar-refractivity contribution in [2.24, 2.45) is 14.1 Å². The molecule has 0 amide bonds. The highest BCUT2D eigenvalue weighted by molar-refractivity contribution is 7.89. The van der Waals surface area contributed by atoms with Crippen molar-refractivity contribution in [3.05, 3.63) is 65.0 Å². The Balaban J connectivity index is 1.58. The summed E-state index contributed by atoms with van der Waals surface area (Å²) in [7, 11) is -0.440. The minimum atomic E-state index is -3.78. The molecular weight excluding hydrogens is 382 g/mol. The van der Waals surface area contributed by atoms with Crippen LogP contribution in [0.1, 0.15) is 5.56 Å². The van der Waals surface area contributed by atoms with Gasteiger partial charge in [0.2, 0.25) is 10.0 Å². The van der Waals surface area contributed by atoms with Gasteiger partial charge in [0, 0.05) is 44.8 Å². The van der Waals surface area contributed by atoms with E-state index in [1.807, 2.05) is 19.2 Å². The third-order valence-corrected chi connectivity index (χ3v) is 5.85. The molecule has 0 saturated heterocycles. The molecule has 1 N–H and O–H groups in total. The largest absolute Gasteiger partial charge is 0.419 e. The zero-order valence-electron chi connectivity index (χ0n) is 15.2. The number of hydrogen-bond acceptors (Lipinski definition) is 6. The highest BCUT2D eigenvalue weighted by Gasteiger charge is 2.17. The van der Waals surface area contributed by atoms with Gasteiger partial charge in [-0.1, -0.05) is 0 Å². The molecule has 0 spiro atoms. The molecule has 4 rings (SSSR count). The highest BCUT2D eigenvalue weighted by Crippen LogP contribution is 2.20. The van der Waals surface area contributed by atoms with Gasteiger partial charge < -0.3 is 4.42 Å². The number of nitrogens with one attached hydrogen (secondary N) is 1. The molecule has 0 aliphatic carbocycles. The van der Waals surface area contributed by atoms with Crippen molar-refractivity contribution in [3.63, 3.8) is 0 Å². The monoisotopic (exact) mass is 399 g/mol. The average molecular weight is 399 g/mol. The van der Waals surface area contributed by atoms with Crippen LogP contribution >= 0.6 is 0 Å². The number of nitrogens with zero attached hydrogens (tertiary/aromatic N) is 4. The van der Waals surface area contributed by atoms with E-state index >= 15 is 0 Å². The lowest BCUT2D eigenvalue weighted by molar-refractivity contribution is 0.528.